The highest BCUT2D eigenvalue weighted by molar-refractivity contribution is 5.81. The van der Waals surface area contributed by atoms with Gasteiger partial charge in [-0.25, -0.2) is 0 Å². The number of nitrogens with zero attached hydrogens (tertiary/aromatic N) is 1. The molecule has 2 heterocycles. The maximum atomic E-state index is 11.9. The Hall–Kier alpha value is -0.610. The average Bonchev–Trinajstić information content (AvgIpc) is 3.07. The minimum absolute atomic E-state index is 0.205. The molecule has 0 spiro atoms. The van der Waals surface area contributed by atoms with E-state index in [0.717, 1.165) is 38.5 Å². The van der Waals surface area contributed by atoms with E-state index in [1.807, 2.05) is 0 Å². The molecule has 2 bridgehead atoms. The van der Waals surface area contributed by atoms with Gasteiger partial charge in [0.25, 0.3) is 0 Å². The number of hydrogen-bond acceptors (Lipinski definition) is 4. The van der Waals surface area contributed by atoms with Crippen molar-refractivity contribution in [2.45, 2.75) is 56.2 Å². The lowest BCUT2D eigenvalue weighted by Crippen LogP contribution is -2.56. The summed E-state index contributed by atoms with van der Waals surface area (Å²) in [4.78, 5) is 14.3. The number of carbonyl (C=O) groups is 1. The first-order chi connectivity index (χ1) is 8.02. The second kappa shape index (κ2) is 3.45. The van der Waals surface area contributed by atoms with Gasteiger partial charge in [-0.2, -0.15) is 0 Å². The molecule has 3 fully saturated rings. The maximum absolute atomic E-state index is 11.9. The van der Waals surface area contributed by atoms with Crippen molar-refractivity contribution < 1.29 is 14.6 Å². The first-order valence-electron chi connectivity index (χ1n) is 6.55. The molecule has 4 heteroatoms. The lowest BCUT2D eigenvalue weighted by Gasteiger charge is -2.45. The fourth-order valence-corrected chi connectivity index (χ4v) is 4.02. The lowest BCUT2D eigenvalue weighted by molar-refractivity contribution is -0.167. The van der Waals surface area contributed by atoms with Gasteiger partial charge in [0.15, 0.2) is 0 Å². The summed E-state index contributed by atoms with van der Waals surface area (Å²) in [5, 5.41) is 10.9. The van der Waals surface area contributed by atoms with Crippen LogP contribution in [0, 0.1) is 5.41 Å². The Bertz CT molecular complexity index is 337. The number of ether oxygens (including phenoxy) is 1. The topological polar surface area (TPSA) is 49.8 Å². The van der Waals surface area contributed by atoms with E-state index in [1.165, 1.54) is 7.11 Å². The third kappa shape index (κ3) is 1.40. The van der Waals surface area contributed by atoms with Gasteiger partial charge in [0.05, 0.1) is 18.1 Å². The number of fused-ring (bicyclic) bond motifs is 2. The van der Waals surface area contributed by atoms with Crippen LogP contribution in [0.5, 0.6) is 0 Å². The summed E-state index contributed by atoms with van der Waals surface area (Å²) in [5.74, 6) is -0.205. The predicted octanol–water partition coefficient (Wildman–Crippen LogP) is 0.927. The van der Waals surface area contributed by atoms with Crippen LogP contribution in [0.2, 0.25) is 0 Å². The van der Waals surface area contributed by atoms with Crippen LogP contribution in [0.25, 0.3) is 0 Å². The van der Waals surface area contributed by atoms with Gasteiger partial charge >= 0.3 is 5.97 Å². The van der Waals surface area contributed by atoms with Crippen molar-refractivity contribution in [1.29, 1.82) is 0 Å². The fraction of sp³-hybridized carbons (Fsp3) is 0.923. The average molecular weight is 239 g/mol. The third-order valence-corrected chi connectivity index (χ3v) is 5.35. The summed E-state index contributed by atoms with van der Waals surface area (Å²) in [6.07, 6.45) is 5.35. The molecule has 96 valence electrons. The van der Waals surface area contributed by atoms with Crippen molar-refractivity contribution in [2.24, 2.45) is 5.41 Å². The van der Waals surface area contributed by atoms with Gasteiger partial charge in [0.2, 0.25) is 0 Å². The van der Waals surface area contributed by atoms with Crippen molar-refractivity contribution in [2.75, 3.05) is 14.2 Å². The van der Waals surface area contributed by atoms with Crippen LogP contribution in [0.1, 0.15) is 38.5 Å². The van der Waals surface area contributed by atoms with Gasteiger partial charge in [0.1, 0.15) is 0 Å². The van der Waals surface area contributed by atoms with Gasteiger partial charge in [-0.05, 0) is 45.6 Å². The highest BCUT2D eigenvalue weighted by Gasteiger charge is 2.67. The summed E-state index contributed by atoms with van der Waals surface area (Å²) in [6.45, 7) is 0. The largest absolute Gasteiger partial charge is 0.469 e. The molecule has 2 saturated heterocycles. The lowest BCUT2D eigenvalue weighted by atomic mass is 9.74. The number of aliphatic hydroxyl groups is 1. The molecular formula is C13H21NO3. The zero-order chi connectivity index (χ0) is 12.3. The smallest absolute Gasteiger partial charge is 0.314 e. The van der Waals surface area contributed by atoms with Gasteiger partial charge < -0.3 is 14.7 Å². The maximum Gasteiger partial charge on any atom is 0.314 e. The summed E-state index contributed by atoms with van der Waals surface area (Å²) < 4.78 is 4.90. The minimum atomic E-state index is -0.821. The normalized spacial score (nSPS) is 43.5. The van der Waals surface area contributed by atoms with E-state index >= 15 is 0 Å². The summed E-state index contributed by atoms with van der Waals surface area (Å²) in [5.41, 5.74) is -1.40. The molecule has 3 rings (SSSR count). The van der Waals surface area contributed by atoms with Gasteiger partial charge in [-0.1, -0.05) is 0 Å². The van der Waals surface area contributed by atoms with Crippen molar-refractivity contribution in [3.05, 3.63) is 0 Å². The van der Waals surface area contributed by atoms with Crippen LogP contribution in [-0.4, -0.2) is 47.8 Å². The molecule has 2 atom stereocenters. The van der Waals surface area contributed by atoms with Gasteiger partial charge in [0, 0.05) is 12.1 Å². The zero-order valence-electron chi connectivity index (χ0n) is 10.6. The Balaban J connectivity index is 1.86. The molecule has 17 heavy (non-hydrogen) atoms. The SMILES string of the molecule is COC(=O)C1(C2(O)CC3CCC(C2)N3C)CC1. The molecule has 3 aliphatic rings. The first kappa shape index (κ1) is 11.5. The van der Waals surface area contributed by atoms with Crippen LogP contribution in [0.15, 0.2) is 0 Å². The summed E-state index contributed by atoms with van der Waals surface area (Å²) >= 11 is 0. The van der Waals surface area contributed by atoms with Crippen molar-refractivity contribution in [3.8, 4) is 0 Å². The van der Waals surface area contributed by atoms with Gasteiger partial charge in [-0.15, -0.1) is 0 Å². The molecule has 0 amide bonds. The van der Waals surface area contributed by atoms with E-state index in [9.17, 15) is 9.90 Å². The molecule has 0 aromatic carbocycles. The Morgan fingerprint density at radius 3 is 2.24 bits per heavy atom. The van der Waals surface area contributed by atoms with E-state index in [-0.39, 0.29) is 5.97 Å². The molecule has 0 radical (unpaired) electrons. The monoisotopic (exact) mass is 239 g/mol. The predicted molar refractivity (Wildman–Crippen MR) is 62.4 cm³/mol. The molecule has 1 saturated carbocycles. The molecule has 1 N–H and O–H groups in total. The standard InChI is InChI=1S/C13H21NO3/c1-14-9-3-4-10(14)8-13(16,7-9)12(5-6-12)11(15)17-2/h9-10,16H,3-8H2,1-2H3. The molecule has 2 aliphatic heterocycles. The molecule has 0 aromatic rings. The molecule has 1 aliphatic carbocycles. The van der Waals surface area contributed by atoms with E-state index in [0.29, 0.717) is 12.1 Å². The Morgan fingerprint density at radius 1 is 1.29 bits per heavy atom. The number of esters is 1. The van der Waals surface area contributed by atoms with Gasteiger partial charge in [-0.3, -0.25) is 4.79 Å². The summed E-state index contributed by atoms with van der Waals surface area (Å²) in [7, 11) is 3.56. The van der Waals surface area contributed by atoms with Crippen LogP contribution >= 0.6 is 0 Å². The molecule has 0 aromatic heterocycles. The second-order valence-corrected chi connectivity index (χ2v) is 6.06. The number of hydrogen-bond donors (Lipinski definition) is 1. The number of piperidine rings is 1. The highest BCUT2D eigenvalue weighted by atomic mass is 16.5. The van der Waals surface area contributed by atoms with Crippen molar-refractivity contribution in [1.82, 2.24) is 4.90 Å². The Kier molecular flexibility index (Phi) is 2.33. The van der Waals surface area contributed by atoms with Crippen molar-refractivity contribution >= 4 is 5.97 Å². The van der Waals surface area contributed by atoms with E-state index in [1.54, 1.807) is 0 Å². The van der Waals surface area contributed by atoms with E-state index in [2.05, 4.69) is 11.9 Å². The molecule has 4 nitrogen and oxygen atoms in total. The minimum Gasteiger partial charge on any atom is -0.469 e. The fourth-order valence-electron chi connectivity index (χ4n) is 4.02. The number of rotatable bonds is 2. The first-order valence-corrected chi connectivity index (χ1v) is 6.55. The quantitative estimate of drug-likeness (QED) is 0.728. The molecular weight excluding hydrogens is 218 g/mol. The van der Waals surface area contributed by atoms with Crippen LogP contribution in [0.3, 0.4) is 0 Å². The second-order valence-electron chi connectivity index (χ2n) is 6.06. The van der Waals surface area contributed by atoms with E-state index in [4.69, 9.17) is 4.74 Å². The van der Waals surface area contributed by atoms with E-state index < -0.39 is 11.0 Å². The third-order valence-electron chi connectivity index (χ3n) is 5.35. The van der Waals surface area contributed by atoms with Crippen LogP contribution < -0.4 is 0 Å². The highest BCUT2D eigenvalue weighted by Crippen LogP contribution is 2.61. The number of carbonyl (C=O) groups excluding carboxylic acids is 1. The molecule has 2 unspecified atom stereocenters. The summed E-state index contributed by atoms with van der Waals surface area (Å²) in [6, 6.07) is 0.891. The Labute approximate surface area is 102 Å². The van der Waals surface area contributed by atoms with Crippen LogP contribution in [-0.2, 0) is 9.53 Å². The van der Waals surface area contributed by atoms with Crippen molar-refractivity contribution in [3.63, 3.8) is 0 Å². The zero-order valence-corrected chi connectivity index (χ0v) is 10.6. The number of methoxy groups -OCH3 is 1. The Morgan fingerprint density at radius 2 is 1.82 bits per heavy atom. The van der Waals surface area contributed by atoms with Crippen LogP contribution in [0.4, 0.5) is 0 Å².